The third kappa shape index (κ3) is 6.76. The van der Waals surface area contributed by atoms with Crippen molar-refractivity contribution in [1.82, 2.24) is 0 Å². The molecule has 0 aliphatic heterocycles. The first-order valence-electron chi connectivity index (χ1n) is 8.22. The summed E-state index contributed by atoms with van der Waals surface area (Å²) in [5.74, 6) is -0.257. The minimum Gasteiger partial charge on any atom is -0.286 e. The molecule has 0 unspecified atom stereocenters. The van der Waals surface area contributed by atoms with E-state index in [2.05, 4.69) is 5.10 Å². The number of hydrogen-bond donors (Lipinski definition) is 1. The molecule has 0 saturated carbocycles. The molecule has 0 aliphatic carbocycles. The number of anilines is 1. The van der Waals surface area contributed by atoms with Gasteiger partial charge in [-0.3, -0.25) is 19.7 Å². The van der Waals surface area contributed by atoms with Crippen molar-refractivity contribution >= 4 is 27.7 Å². The summed E-state index contributed by atoms with van der Waals surface area (Å²) < 4.78 is 32.2. The Kier molecular flexibility index (Phi) is 6.97. The number of rotatable bonds is 9. The summed E-state index contributed by atoms with van der Waals surface area (Å²) in [6.07, 6.45) is 4.47. The lowest BCUT2D eigenvalue weighted by molar-refractivity contribution is -0.698. The molecule has 1 N–H and O–H groups in total. The van der Waals surface area contributed by atoms with E-state index < -0.39 is 15.0 Å². The molecule has 10 heteroatoms. The van der Waals surface area contributed by atoms with Gasteiger partial charge in [0, 0.05) is 37.7 Å². The number of benzene rings is 1. The number of aromatic nitrogens is 1. The second-order valence-electron chi connectivity index (χ2n) is 5.85. The predicted molar refractivity (Wildman–Crippen MR) is 101 cm³/mol. The molecule has 1 heterocycles. The van der Waals surface area contributed by atoms with Gasteiger partial charge in [0.2, 0.25) is 5.69 Å². The number of hydrazone groups is 1. The van der Waals surface area contributed by atoms with Crippen LogP contribution in [0.1, 0.15) is 18.5 Å². The highest BCUT2D eigenvalue weighted by atomic mass is 32.2. The van der Waals surface area contributed by atoms with Crippen molar-refractivity contribution in [3.05, 3.63) is 64.5 Å². The topological polar surface area (TPSA) is 117 Å². The second kappa shape index (κ2) is 9.19. The Balaban J connectivity index is 2.02. The Hall–Kier alpha value is -2.85. The summed E-state index contributed by atoms with van der Waals surface area (Å²) in [6, 6.07) is 11.7. The van der Waals surface area contributed by atoms with Crippen LogP contribution in [0.15, 0.2) is 53.8 Å². The van der Waals surface area contributed by atoms with Crippen LogP contribution in [0.2, 0.25) is 0 Å². The van der Waals surface area contributed by atoms with Gasteiger partial charge in [0.1, 0.15) is 12.8 Å². The molecule has 2 aromatic rings. The third-order valence-corrected chi connectivity index (χ3v) is 4.63. The van der Waals surface area contributed by atoms with Gasteiger partial charge in [0.05, 0.1) is 16.4 Å². The second-order valence-corrected chi connectivity index (χ2v) is 7.43. The number of pyridine rings is 1. The molecule has 0 radical (unpaired) electrons. The summed E-state index contributed by atoms with van der Waals surface area (Å²) in [5.41, 5.74) is 1.53. The molecule has 2 rings (SSSR count). The van der Waals surface area contributed by atoms with Crippen molar-refractivity contribution in [1.29, 1.82) is 0 Å². The highest BCUT2D eigenvalue weighted by Crippen LogP contribution is 2.18. The first kappa shape index (κ1) is 20.5. The van der Waals surface area contributed by atoms with Gasteiger partial charge in [-0.1, -0.05) is 0 Å². The van der Waals surface area contributed by atoms with Crippen molar-refractivity contribution in [2.24, 2.45) is 5.10 Å². The van der Waals surface area contributed by atoms with Crippen LogP contribution >= 0.6 is 0 Å². The number of hydrogen-bond acceptors (Lipinski definition) is 6. The SMILES string of the molecule is CN(/N=C/c1cccc[n+]1CCCCS(=O)(=O)O)c1ccc([N+](=O)[O-])cc1. The van der Waals surface area contributed by atoms with Crippen molar-refractivity contribution in [2.45, 2.75) is 19.4 Å². The molecule has 1 aromatic heterocycles. The van der Waals surface area contributed by atoms with Crippen LogP contribution in [0.5, 0.6) is 0 Å². The van der Waals surface area contributed by atoms with E-state index in [4.69, 9.17) is 4.55 Å². The molecule has 9 nitrogen and oxygen atoms in total. The smallest absolute Gasteiger partial charge is 0.269 e. The van der Waals surface area contributed by atoms with Crippen molar-refractivity contribution in [3.63, 3.8) is 0 Å². The molecule has 0 spiro atoms. The number of aryl methyl sites for hydroxylation is 1. The van der Waals surface area contributed by atoms with Crippen LogP contribution in [0.25, 0.3) is 0 Å². The maximum atomic E-state index is 10.8. The normalized spacial score (nSPS) is 11.6. The van der Waals surface area contributed by atoms with Crippen LogP contribution in [0, 0.1) is 10.1 Å². The first-order chi connectivity index (χ1) is 12.8. The molecule has 0 saturated heterocycles. The van der Waals surface area contributed by atoms with Gasteiger partial charge in [-0.2, -0.15) is 18.1 Å². The summed E-state index contributed by atoms with van der Waals surface area (Å²) >= 11 is 0. The van der Waals surface area contributed by atoms with Crippen LogP contribution < -0.4 is 9.58 Å². The van der Waals surface area contributed by atoms with Gasteiger partial charge in [-0.05, 0) is 24.6 Å². The van der Waals surface area contributed by atoms with Crippen LogP contribution in [0.3, 0.4) is 0 Å². The van der Waals surface area contributed by atoms with Gasteiger partial charge in [0.25, 0.3) is 15.8 Å². The Morgan fingerprint density at radius 3 is 2.56 bits per heavy atom. The largest absolute Gasteiger partial charge is 0.286 e. The van der Waals surface area contributed by atoms with E-state index in [1.54, 1.807) is 30.4 Å². The highest BCUT2D eigenvalue weighted by molar-refractivity contribution is 7.85. The van der Waals surface area contributed by atoms with Gasteiger partial charge in [-0.25, -0.2) is 0 Å². The molecule has 27 heavy (non-hydrogen) atoms. The predicted octanol–water partition coefficient (Wildman–Crippen LogP) is 2.02. The standard InChI is InChI=1S/C17H20N4O5S/c1-19(15-7-9-16(10-8-15)21(22)23)18-14-17-6-2-3-11-20(17)12-4-5-13-27(24,25)26/h2-3,6-11,14H,4-5,12-13H2,1H3/p+1. The lowest BCUT2D eigenvalue weighted by Gasteiger charge is -2.11. The monoisotopic (exact) mass is 393 g/mol. The minimum absolute atomic E-state index is 0.0157. The molecule has 0 atom stereocenters. The average molecular weight is 393 g/mol. The van der Waals surface area contributed by atoms with Gasteiger partial charge < -0.3 is 0 Å². The zero-order valence-electron chi connectivity index (χ0n) is 14.8. The van der Waals surface area contributed by atoms with Gasteiger partial charge in [0.15, 0.2) is 6.20 Å². The maximum Gasteiger partial charge on any atom is 0.269 e. The molecular weight excluding hydrogens is 372 g/mol. The van der Waals surface area contributed by atoms with E-state index in [9.17, 15) is 18.5 Å². The van der Waals surface area contributed by atoms with E-state index in [0.717, 1.165) is 5.69 Å². The molecule has 0 bridgehead atoms. The molecule has 0 fully saturated rings. The molecule has 144 valence electrons. The number of nitro benzene ring substituents is 1. The number of non-ortho nitro benzene ring substituents is 1. The Morgan fingerprint density at radius 1 is 1.22 bits per heavy atom. The van der Waals surface area contributed by atoms with Crippen molar-refractivity contribution in [2.75, 3.05) is 17.8 Å². The van der Waals surface area contributed by atoms with Crippen LogP contribution in [-0.2, 0) is 16.7 Å². The van der Waals surface area contributed by atoms with Crippen molar-refractivity contribution in [3.8, 4) is 0 Å². The summed E-state index contributed by atoms with van der Waals surface area (Å²) in [7, 11) is -2.20. The number of nitro groups is 1. The lowest BCUT2D eigenvalue weighted by Crippen LogP contribution is -2.38. The Morgan fingerprint density at radius 2 is 1.93 bits per heavy atom. The summed E-state index contributed by atoms with van der Waals surface area (Å²) in [4.78, 5) is 10.2. The Labute approximate surface area is 157 Å². The number of nitrogens with zero attached hydrogens (tertiary/aromatic N) is 4. The zero-order valence-corrected chi connectivity index (χ0v) is 15.6. The lowest BCUT2D eigenvalue weighted by atomic mass is 10.3. The molecule has 0 aliphatic rings. The van der Waals surface area contributed by atoms with E-state index in [0.29, 0.717) is 25.1 Å². The quantitative estimate of drug-likeness (QED) is 0.174. The van der Waals surface area contributed by atoms with E-state index in [1.165, 1.54) is 12.1 Å². The number of unbranched alkanes of at least 4 members (excludes halogenated alkanes) is 1. The minimum atomic E-state index is -3.93. The maximum absolute atomic E-state index is 10.8. The van der Waals surface area contributed by atoms with Crippen molar-refractivity contribution < 1.29 is 22.5 Å². The van der Waals surface area contributed by atoms with E-state index in [-0.39, 0.29) is 11.4 Å². The van der Waals surface area contributed by atoms with Gasteiger partial charge in [-0.15, -0.1) is 0 Å². The first-order valence-corrected chi connectivity index (χ1v) is 9.83. The highest BCUT2D eigenvalue weighted by Gasteiger charge is 2.10. The summed E-state index contributed by atoms with van der Waals surface area (Å²) in [6.45, 7) is 0.582. The fourth-order valence-electron chi connectivity index (χ4n) is 2.38. The van der Waals surface area contributed by atoms with Crippen LogP contribution in [0.4, 0.5) is 11.4 Å². The zero-order chi connectivity index (χ0) is 19.9. The average Bonchev–Trinajstić information content (AvgIpc) is 2.63. The van der Waals surface area contributed by atoms with Crippen LogP contribution in [-0.4, -0.2) is 36.9 Å². The van der Waals surface area contributed by atoms with E-state index >= 15 is 0 Å². The summed E-state index contributed by atoms with van der Waals surface area (Å²) in [5, 5.41) is 16.7. The third-order valence-electron chi connectivity index (χ3n) is 3.82. The fourth-order valence-corrected chi connectivity index (χ4v) is 2.95. The molecule has 1 aromatic carbocycles. The molecule has 0 amide bonds. The van der Waals surface area contributed by atoms with Gasteiger partial charge >= 0.3 is 0 Å². The molecular formula is C17H21N4O5S+. The van der Waals surface area contributed by atoms with E-state index in [1.807, 2.05) is 29.0 Å². The Bertz CT molecular complexity index is 913. The fraction of sp³-hybridized carbons (Fsp3) is 0.294.